The molecule has 1 aromatic heterocycles. The number of carbonyl (C=O) groups is 1. The highest BCUT2D eigenvalue weighted by Gasteiger charge is 2.21. The maximum atomic E-state index is 12.7. The van der Waals surface area contributed by atoms with Gasteiger partial charge in [-0.3, -0.25) is 9.69 Å². The Balaban J connectivity index is 1.24. The maximum absolute atomic E-state index is 12.7. The monoisotopic (exact) mass is 450 g/mol. The second-order valence-electron chi connectivity index (χ2n) is 7.35. The Morgan fingerprint density at radius 3 is 2.53 bits per heavy atom. The second kappa shape index (κ2) is 10.9. The van der Waals surface area contributed by atoms with Crippen LogP contribution in [0.1, 0.15) is 5.56 Å². The first-order valence-electron chi connectivity index (χ1n) is 10.5. The van der Waals surface area contributed by atoms with E-state index in [-0.39, 0.29) is 5.91 Å². The fourth-order valence-corrected chi connectivity index (χ4v) is 4.25. The first-order chi connectivity index (χ1) is 15.7. The zero-order valence-corrected chi connectivity index (χ0v) is 18.8. The lowest BCUT2D eigenvalue weighted by Crippen LogP contribution is -2.49. The summed E-state index contributed by atoms with van der Waals surface area (Å²) in [6, 6.07) is 17.8. The van der Waals surface area contributed by atoms with Crippen molar-refractivity contribution in [2.45, 2.75) is 5.16 Å². The smallest absolute Gasteiger partial charge is 0.233 e. The Hall–Kier alpha value is -3.17. The van der Waals surface area contributed by atoms with E-state index in [0.29, 0.717) is 10.9 Å². The zero-order valence-electron chi connectivity index (χ0n) is 18.0. The van der Waals surface area contributed by atoms with Crippen molar-refractivity contribution in [3.63, 3.8) is 0 Å². The van der Waals surface area contributed by atoms with E-state index in [0.717, 1.165) is 44.2 Å². The number of hydrogen-bond donors (Lipinski definition) is 0. The van der Waals surface area contributed by atoms with Crippen molar-refractivity contribution >= 4 is 23.7 Å². The summed E-state index contributed by atoms with van der Waals surface area (Å²) >= 11 is 1.35. The number of aromatic nitrogens is 4. The van der Waals surface area contributed by atoms with Crippen LogP contribution in [0.3, 0.4) is 0 Å². The topological polar surface area (TPSA) is 76.4 Å². The van der Waals surface area contributed by atoms with Crippen LogP contribution in [0.5, 0.6) is 5.75 Å². The summed E-state index contributed by atoms with van der Waals surface area (Å²) in [4.78, 5) is 17.0. The molecular formula is C23H26N6O2S. The Kier molecular flexibility index (Phi) is 7.52. The van der Waals surface area contributed by atoms with Crippen LogP contribution < -0.4 is 4.74 Å². The fraction of sp³-hybridized carbons (Fsp3) is 0.304. The maximum Gasteiger partial charge on any atom is 0.233 e. The average molecular weight is 451 g/mol. The van der Waals surface area contributed by atoms with Crippen LogP contribution >= 0.6 is 11.8 Å². The van der Waals surface area contributed by atoms with Gasteiger partial charge in [-0.2, -0.15) is 4.68 Å². The molecule has 32 heavy (non-hydrogen) atoms. The Morgan fingerprint density at radius 2 is 1.81 bits per heavy atom. The van der Waals surface area contributed by atoms with Crippen molar-refractivity contribution in [1.29, 1.82) is 0 Å². The standard InChI is InChI=1S/C23H26N6O2S/c1-31-21-11-9-20(10-12-21)29-23(24-25-26-29)32-18-22(30)28-16-14-27(15-17-28)13-5-8-19-6-3-2-4-7-19/h2-12H,13-18H2,1H3/b8-5+. The summed E-state index contributed by atoms with van der Waals surface area (Å²) in [6.07, 6.45) is 4.32. The van der Waals surface area contributed by atoms with Crippen LogP contribution in [0.25, 0.3) is 11.8 Å². The molecule has 8 nitrogen and oxygen atoms in total. The quantitative estimate of drug-likeness (QED) is 0.488. The molecule has 0 N–H and O–H groups in total. The SMILES string of the molecule is COc1ccc(-n2nnnc2SCC(=O)N2CCN(C/C=C/c3ccccc3)CC2)cc1. The lowest BCUT2D eigenvalue weighted by Gasteiger charge is -2.34. The summed E-state index contributed by atoms with van der Waals surface area (Å²) in [5, 5.41) is 12.5. The predicted molar refractivity (Wildman–Crippen MR) is 125 cm³/mol. The number of thioether (sulfide) groups is 1. The van der Waals surface area contributed by atoms with Crippen molar-refractivity contribution in [2.24, 2.45) is 0 Å². The minimum Gasteiger partial charge on any atom is -0.497 e. The lowest BCUT2D eigenvalue weighted by molar-refractivity contribution is -0.130. The van der Waals surface area contributed by atoms with Crippen LogP contribution in [0.15, 0.2) is 65.8 Å². The van der Waals surface area contributed by atoms with Crippen molar-refractivity contribution in [3.8, 4) is 11.4 Å². The van der Waals surface area contributed by atoms with Crippen LogP contribution in [-0.4, -0.2) is 81.5 Å². The molecule has 1 amide bonds. The highest BCUT2D eigenvalue weighted by Crippen LogP contribution is 2.21. The number of hydrogen-bond acceptors (Lipinski definition) is 7. The van der Waals surface area contributed by atoms with Gasteiger partial charge in [-0.1, -0.05) is 54.2 Å². The summed E-state index contributed by atoms with van der Waals surface area (Å²) in [5.74, 6) is 1.18. The summed E-state index contributed by atoms with van der Waals surface area (Å²) < 4.78 is 6.82. The first kappa shape index (κ1) is 22.0. The van der Waals surface area contributed by atoms with E-state index >= 15 is 0 Å². The van der Waals surface area contributed by atoms with Gasteiger partial charge < -0.3 is 9.64 Å². The van der Waals surface area contributed by atoms with Gasteiger partial charge in [-0.05, 0) is 40.3 Å². The van der Waals surface area contributed by atoms with E-state index in [2.05, 4.69) is 44.7 Å². The van der Waals surface area contributed by atoms with Gasteiger partial charge in [0, 0.05) is 32.7 Å². The minimum absolute atomic E-state index is 0.110. The van der Waals surface area contributed by atoms with Crippen LogP contribution in [0, 0.1) is 0 Å². The highest BCUT2D eigenvalue weighted by atomic mass is 32.2. The number of benzene rings is 2. The van der Waals surface area contributed by atoms with Crippen LogP contribution in [0.4, 0.5) is 0 Å². The Bertz CT molecular complexity index is 1030. The van der Waals surface area contributed by atoms with Gasteiger partial charge in [0.2, 0.25) is 11.1 Å². The summed E-state index contributed by atoms with van der Waals surface area (Å²) in [7, 11) is 1.63. The molecule has 0 saturated carbocycles. The lowest BCUT2D eigenvalue weighted by atomic mass is 10.2. The summed E-state index contributed by atoms with van der Waals surface area (Å²) in [5.41, 5.74) is 2.03. The molecule has 1 fully saturated rings. The van der Waals surface area contributed by atoms with E-state index < -0.39 is 0 Å². The van der Waals surface area contributed by atoms with Crippen molar-refractivity contribution in [2.75, 3.05) is 45.6 Å². The minimum atomic E-state index is 0.110. The third-order valence-electron chi connectivity index (χ3n) is 5.28. The largest absolute Gasteiger partial charge is 0.497 e. The molecular weight excluding hydrogens is 424 g/mol. The van der Waals surface area contributed by atoms with E-state index in [1.165, 1.54) is 17.3 Å². The van der Waals surface area contributed by atoms with Crippen molar-refractivity contribution in [3.05, 3.63) is 66.2 Å². The Morgan fingerprint density at radius 1 is 1.06 bits per heavy atom. The van der Waals surface area contributed by atoms with E-state index in [9.17, 15) is 4.79 Å². The van der Waals surface area contributed by atoms with Gasteiger partial charge in [-0.25, -0.2) is 0 Å². The highest BCUT2D eigenvalue weighted by molar-refractivity contribution is 7.99. The van der Waals surface area contributed by atoms with Gasteiger partial charge in [0.25, 0.3) is 0 Å². The van der Waals surface area contributed by atoms with E-state index in [4.69, 9.17) is 4.74 Å². The van der Waals surface area contributed by atoms with Crippen molar-refractivity contribution < 1.29 is 9.53 Å². The molecule has 1 aliphatic heterocycles. The first-order valence-corrected chi connectivity index (χ1v) is 11.5. The fourth-order valence-electron chi connectivity index (χ4n) is 3.45. The number of ether oxygens (including phenoxy) is 1. The number of carbonyl (C=O) groups excluding carboxylic acids is 1. The van der Waals surface area contributed by atoms with Crippen LogP contribution in [-0.2, 0) is 4.79 Å². The van der Waals surface area contributed by atoms with E-state index in [1.807, 2.05) is 47.4 Å². The molecule has 2 aromatic carbocycles. The number of rotatable bonds is 8. The third-order valence-corrected chi connectivity index (χ3v) is 6.19. The van der Waals surface area contributed by atoms with Gasteiger partial charge in [0.1, 0.15) is 5.75 Å². The molecule has 1 saturated heterocycles. The molecule has 3 aromatic rings. The molecule has 9 heteroatoms. The number of tetrazole rings is 1. The summed E-state index contributed by atoms with van der Waals surface area (Å²) in [6.45, 7) is 4.12. The molecule has 2 heterocycles. The second-order valence-corrected chi connectivity index (χ2v) is 8.30. The van der Waals surface area contributed by atoms with E-state index in [1.54, 1.807) is 11.8 Å². The van der Waals surface area contributed by atoms with Gasteiger partial charge in [-0.15, -0.1) is 5.10 Å². The number of nitrogens with zero attached hydrogens (tertiary/aromatic N) is 6. The predicted octanol–water partition coefficient (Wildman–Crippen LogP) is 2.62. The number of piperazine rings is 1. The van der Waals surface area contributed by atoms with Crippen molar-refractivity contribution in [1.82, 2.24) is 30.0 Å². The third kappa shape index (κ3) is 5.74. The molecule has 0 aliphatic carbocycles. The molecule has 0 radical (unpaired) electrons. The molecule has 1 aliphatic rings. The molecule has 0 spiro atoms. The van der Waals surface area contributed by atoms with Crippen LogP contribution in [0.2, 0.25) is 0 Å². The molecule has 0 unspecified atom stereocenters. The van der Waals surface area contributed by atoms with Gasteiger partial charge in [0.05, 0.1) is 18.6 Å². The normalized spacial score (nSPS) is 14.7. The molecule has 0 atom stereocenters. The molecule has 0 bridgehead atoms. The molecule has 166 valence electrons. The van der Waals surface area contributed by atoms with Gasteiger partial charge in [0.15, 0.2) is 0 Å². The van der Waals surface area contributed by atoms with Gasteiger partial charge >= 0.3 is 0 Å². The zero-order chi connectivity index (χ0) is 22.2. The number of amides is 1. The average Bonchev–Trinajstić information content (AvgIpc) is 3.32. The number of methoxy groups -OCH3 is 1. The molecule has 4 rings (SSSR count). The Labute approximate surface area is 191 Å².